The fourth-order valence-corrected chi connectivity index (χ4v) is 2.55. The third-order valence-corrected chi connectivity index (χ3v) is 4.53. The van der Waals surface area contributed by atoms with Gasteiger partial charge in [0.05, 0.1) is 16.0 Å². The first kappa shape index (κ1) is 15.3. The molecule has 0 radical (unpaired) electrons. The van der Waals surface area contributed by atoms with Crippen molar-refractivity contribution in [2.75, 3.05) is 11.3 Å². The first-order chi connectivity index (χ1) is 8.33. The molecule has 2 N–H and O–H groups in total. The lowest BCUT2D eigenvalue weighted by Gasteiger charge is -2.17. The molecule has 0 amide bonds. The quantitative estimate of drug-likeness (QED) is 0.846. The zero-order valence-electron chi connectivity index (χ0n) is 10.8. The van der Waals surface area contributed by atoms with Gasteiger partial charge in [-0.25, -0.2) is 8.42 Å². The molecular weight excluding hydrogens is 272 g/mol. The highest BCUT2D eigenvalue weighted by Gasteiger charge is 2.21. The van der Waals surface area contributed by atoms with Crippen LogP contribution in [0.2, 0.25) is 5.02 Å². The number of hydrogen-bond donors (Lipinski definition) is 2. The van der Waals surface area contributed by atoms with Gasteiger partial charge in [0.15, 0.2) is 0 Å². The van der Waals surface area contributed by atoms with Crippen LogP contribution in [0.15, 0.2) is 24.3 Å². The summed E-state index contributed by atoms with van der Waals surface area (Å²) >= 11 is 5.92. The molecule has 1 unspecified atom stereocenters. The lowest BCUT2D eigenvalue weighted by Crippen LogP contribution is -2.37. The smallest absolute Gasteiger partial charge is 0.236 e. The molecule has 0 aliphatic heterocycles. The normalized spacial score (nSPS) is 13.6. The molecule has 0 aliphatic rings. The van der Waals surface area contributed by atoms with Gasteiger partial charge in [-0.3, -0.25) is 4.72 Å². The molecule has 0 spiro atoms. The molecule has 0 aliphatic carbocycles. The molecule has 0 aromatic heterocycles. The summed E-state index contributed by atoms with van der Waals surface area (Å²) in [6.07, 6.45) is 0. The number of benzene rings is 1. The van der Waals surface area contributed by atoms with E-state index in [4.69, 9.17) is 11.6 Å². The van der Waals surface area contributed by atoms with Gasteiger partial charge in [-0.2, -0.15) is 0 Å². The van der Waals surface area contributed by atoms with Gasteiger partial charge in [-0.1, -0.05) is 37.6 Å². The highest BCUT2D eigenvalue weighted by Crippen LogP contribution is 2.22. The van der Waals surface area contributed by atoms with E-state index in [1.165, 1.54) is 0 Å². The van der Waals surface area contributed by atoms with Gasteiger partial charge in [0.2, 0.25) is 10.0 Å². The standard InChI is InChI=1S/C12H19ClN2O2S/c1-9(2)14-8-10(3)18(16,17)15-12-7-5-4-6-11(12)13/h4-7,9-10,14-15H,8H2,1-3H3. The maximum absolute atomic E-state index is 12.1. The number of para-hydroxylation sites is 1. The van der Waals surface area contributed by atoms with Crippen molar-refractivity contribution >= 4 is 27.3 Å². The highest BCUT2D eigenvalue weighted by molar-refractivity contribution is 7.93. The largest absolute Gasteiger partial charge is 0.313 e. The Labute approximate surface area is 114 Å². The van der Waals surface area contributed by atoms with Crippen LogP contribution in [0.25, 0.3) is 0 Å². The number of hydrogen-bond acceptors (Lipinski definition) is 3. The van der Waals surface area contributed by atoms with E-state index in [0.29, 0.717) is 17.3 Å². The Morgan fingerprint density at radius 3 is 2.39 bits per heavy atom. The van der Waals surface area contributed by atoms with Crippen molar-refractivity contribution in [2.24, 2.45) is 0 Å². The Morgan fingerprint density at radius 1 is 1.22 bits per heavy atom. The van der Waals surface area contributed by atoms with Crippen LogP contribution in [0, 0.1) is 0 Å². The average Bonchev–Trinajstić information content (AvgIpc) is 2.28. The summed E-state index contributed by atoms with van der Waals surface area (Å²) in [5.74, 6) is 0. The molecule has 6 heteroatoms. The molecule has 0 saturated carbocycles. The van der Waals surface area contributed by atoms with Crippen molar-refractivity contribution in [3.8, 4) is 0 Å². The van der Waals surface area contributed by atoms with Crippen LogP contribution in [-0.4, -0.2) is 26.3 Å². The van der Waals surface area contributed by atoms with Crippen molar-refractivity contribution in [1.82, 2.24) is 5.32 Å². The molecule has 4 nitrogen and oxygen atoms in total. The maximum Gasteiger partial charge on any atom is 0.236 e. The van der Waals surface area contributed by atoms with Crippen LogP contribution < -0.4 is 10.0 Å². The van der Waals surface area contributed by atoms with Crippen LogP contribution in [0.4, 0.5) is 5.69 Å². The zero-order valence-corrected chi connectivity index (χ0v) is 12.3. The Hall–Kier alpha value is -0.780. The molecule has 0 fully saturated rings. The molecule has 1 atom stereocenters. The Bertz CT molecular complexity index is 489. The number of rotatable bonds is 6. The van der Waals surface area contributed by atoms with Crippen molar-refractivity contribution in [3.05, 3.63) is 29.3 Å². The summed E-state index contributed by atoms with van der Waals surface area (Å²) in [7, 11) is -3.43. The Kier molecular flexibility index (Phi) is 5.44. The SMILES string of the molecule is CC(C)NCC(C)S(=O)(=O)Nc1ccccc1Cl. The van der Waals surface area contributed by atoms with Crippen LogP contribution in [-0.2, 0) is 10.0 Å². The molecule has 1 aromatic rings. The van der Waals surface area contributed by atoms with Gasteiger partial charge in [0, 0.05) is 12.6 Å². The van der Waals surface area contributed by atoms with Gasteiger partial charge in [-0.15, -0.1) is 0 Å². The summed E-state index contributed by atoms with van der Waals surface area (Å²) in [6, 6.07) is 7.03. The number of halogens is 1. The molecule has 102 valence electrons. The van der Waals surface area contributed by atoms with Gasteiger partial charge in [0.1, 0.15) is 0 Å². The maximum atomic E-state index is 12.1. The Morgan fingerprint density at radius 2 is 1.83 bits per heavy atom. The van der Waals surface area contributed by atoms with Crippen LogP contribution in [0.5, 0.6) is 0 Å². The molecule has 0 bridgehead atoms. The third kappa shape index (κ3) is 4.48. The summed E-state index contributed by atoms with van der Waals surface area (Å²) in [6.45, 7) is 6.01. The van der Waals surface area contributed by atoms with E-state index in [1.807, 2.05) is 13.8 Å². The summed E-state index contributed by atoms with van der Waals surface area (Å²) in [5, 5.41) is 2.96. The second kappa shape index (κ2) is 6.41. The lowest BCUT2D eigenvalue weighted by molar-refractivity contribution is 0.553. The molecule has 1 rings (SSSR count). The van der Waals surface area contributed by atoms with Crippen molar-refractivity contribution in [1.29, 1.82) is 0 Å². The fourth-order valence-electron chi connectivity index (χ4n) is 1.31. The predicted octanol–water partition coefficient (Wildman–Crippen LogP) is 2.47. The number of sulfonamides is 1. The zero-order chi connectivity index (χ0) is 13.8. The summed E-state index contributed by atoms with van der Waals surface area (Å²) in [4.78, 5) is 0. The summed E-state index contributed by atoms with van der Waals surface area (Å²) < 4.78 is 26.6. The second-order valence-corrected chi connectivity index (χ2v) is 7.01. The van der Waals surface area contributed by atoms with Crippen LogP contribution in [0.3, 0.4) is 0 Å². The highest BCUT2D eigenvalue weighted by atomic mass is 35.5. The van der Waals surface area contributed by atoms with E-state index in [-0.39, 0.29) is 6.04 Å². The molecule has 0 saturated heterocycles. The van der Waals surface area contributed by atoms with Gasteiger partial charge < -0.3 is 5.32 Å². The number of anilines is 1. The van der Waals surface area contributed by atoms with E-state index >= 15 is 0 Å². The van der Waals surface area contributed by atoms with Gasteiger partial charge in [0.25, 0.3) is 0 Å². The monoisotopic (exact) mass is 290 g/mol. The Balaban J connectivity index is 2.73. The predicted molar refractivity (Wildman–Crippen MR) is 76.6 cm³/mol. The minimum Gasteiger partial charge on any atom is -0.313 e. The van der Waals surface area contributed by atoms with Gasteiger partial charge in [-0.05, 0) is 19.1 Å². The topological polar surface area (TPSA) is 58.2 Å². The first-order valence-electron chi connectivity index (χ1n) is 5.82. The van der Waals surface area contributed by atoms with E-state index in [2.05, 4.69) is 10.0 Å². The number of nitrogens with one attached hydrogen (secondary N) is 2. The van der Waals surface area contributed by atoms with E-state index < -0.39 is 15.3 Å². The van der Waals surface area contributed by atoms with Crippen LogP contribution in [0.1, 0.15) is 20.8 Å². The van der Waals surface area contributed by atoms with Crippen LogP contribution >= 0.6 is 11.6 Å². The molecule has 18 heavy (non-hydrogen) atoms. The third-order valence-electron chi connectivity index (χ3n) is 2.47. The average molecular weight is 291 g/mol. The first-order valence-corrected chi connectivity index (χ1v) is 7.75. The van der Waals surface area contributed by atoms with Crippen molar-refractivity contribution in [2.45, 2.75) is 32.1 Å². The van der Waals surface area contributed by atoms with E-state index in [0.717, 1.165) is 0 Å². The van der Waals surface area contributed by atoms with E-state index in [9.17, 15) is 8.42 Å². The van der Waals surface area contributed by atoms with Crippen molar-refractivity contribution in [3.63, 3.8) is 0 Å². The summed E-state index contributed by atoms with van der Waals surface area (Å²) in [5.41, 5.74) is 0.413. The lowest BCUT2D eigenvalue weighted by atomic mass is 10.3. The van der Waals surface area contributed by atoms with Gasteiger partial charge >= 0.3 is 0 Å². The molecule has 0 heterocycles. The minimum absolute atomic E-state index is 0.253. The van der Waals surface area contributed by atoms with Crippen molar-refractivity contribution < 1.29 is 8.42 Å². The second-order valence-electron chi connectivity index (χ2n) is 4.50. The minimum atomic E-state index is -3.43. The molecule has 1 aromatic carbocycles. The molecular formula is C12H19ClN2O2S. The fraction of sp³-hybridized carbons (Fsp3) is 0.500. The van der Waals surface area contributed by atoms with E-state index in [1.54, 1.807) is 31.2 Å².